The van der Waals surface area contributed by atoms with Crippen molar-refractivity contribution < 1.29 is 5.11 Å². The Balaban J connectivity index is 2.73. The molecule has 0 bridgehead atoms. The molecule has 58 valence electrons. The molecule has 0 amide bonds. The van der Waals surface area contributed by atoms with Gasteiger partial charge in [-0.05, 0) is 17.7 Å². The van der Waals surface area contributed by atoms with E-state index in [4.69, 9.17) is 16.7 Å². The number of hydrogen-bond acceptors (Lipinski definition) is 1. The summed E-state index contributed by atoms with van der Waals surface area (Å²) in [5, 5.41) is 8.93. The molecule has 2 heteroatoms. The number of halogens is 1. The van der Waals surface area contributed by atoms with E-state index in [-0.39, 0.29) is 5.75 Å². The van der Waals surface area contributed by atoms with Crippen molar-refractivity contribution in [3.63, 3.8) is 0 Å². The maximum atomic E-state index is 8.93. The maximum Gasteiger partial charge on any atom is 0.115 e. The number of aromatic hydroxyl groups is 1. The van der Waals surface area contributed by atoms with Crippen LogP contribution < -0.4 is 0 Å². The van der Waals surface area contributed by atoms with E-state index < -0.39 is 0 Å². The van der Waals surface area contributed by atoms with Crippen molar-refractivity contribution in [1.82, 2.24) is 0 Å². The first-order valence-corrected chi connectivity index (χ1v) is 3.88. The molecule has 11 heavy (non-hydrogen) atoms. The zero-order chi connectivity index (χ0) is 8.10. The summed E-state index contributed by atoms with van der Waals surface area (Å²) in [6.07, 6.45) is 3.76. The lowest BCUT2D eigenvalue weighted by molar-refractivity contribution is 0.475. The monoisotopic (exact) mass is 168 g/mol. The molecule has 0 fully saturated rings. The summed E-state index contributed by atoms with van der Waals surface area (Å²) >= 11 is 5.45. The third-order valence-electron chi connectivity index (χ3n) is 1.29. The van der Waals surface area contributed by atoms with E-state index >= 15 is 0 Å². The molecule has 1 nitrogen and oxygen atoms in total. The van der Waals surface area contributed by atoms with Crippen LogP contribution in [0.15, 0.2) is 30.3 Å². The highest BCUT2D eigenvalue weighted by Crippen LogP contribution is 2.10. The molecular weight excluding hydrogens is 160 g/mol. The predicted octanol–water partition coefficient (Wildman–Crippen LogP) is 2.64. The van der Waals surface area contributed by atoms with Gasteiger partial charge in [0.1, 0.15) is 5.75 Å². The van der Waals surface area contributed by atoms with Gasteiger partial charge in [-0.2, -0.15) is 0 Å². The van der Waals surface area contributed by atoms with Crippen LogP contribution >= 0.6 is 11.6 Å². The molecule has 1 aromatic carbocycles. The van der Waals surface area contributed by atoms with Gasteiger partial charge >= 0.3 is 0 Å². The zero-order valence-corrected chi connectivity index (χ0v) is 6.75. The van der Waals surface area contributed by atoms with Gasteiger partial charge in [0, 0.05) is 5.88 Å². The minimum Gasteiger partial charge on any atom is -0.508 e. The van der Waals surface area contributed by atoms with Gasteiger partial charge in [-0.15, -0.1) is 11.6 Å². The van der Waals surface area contributed by atoms with E-state index in [1.54, 1.807) is 12.1 Å². The largest absolute Gasteiger partial charge is 0.508 e. The standard InChI is InChI=1S/C9H9ClO/c10-7-1-2-8-3-5-9(11)6-4-8/h1-6,11H,7H2. The normalized spacial score (nSPS) is 10.6. The average molecular weight is 169 g/mol. The van der Waals surface area contributed by atoms with Crippen LogP contribution in [0.4, 0.5) is 0 Å². The van der Waals surface area contributed by atoms with Gasteiger partial charge in [-0.25, -0.2) is 0 Å². The molecule has 0 radical (unpaired) electrons. The van der Waals surface area contributed by atoms with E-state index in [0.29, 0.717) is 5.88 Å². The minimum atomic E-state index is 0.285. The topological polar surface area (TPSA) is 20.2 Å². The molecule has 0 atom stereocenters. The Bertz CT molecular complexity index is 238. The molecule has 0 aliphatic rings. The molecule has 0 aromatic heterocycles. The second-order valence-corrected chi connectivity index (χ2v) is 2.46. The molecule has 0 unspecified atom stereocenters. The van der Waals surface area contributed by atoms with E-state index in [2.05, 4.69) is 0 Å². The lowest BCUT2D eigenvalue weighted by atomic mass is 10.2. The molecule has 1 aromatic rings. The van der Waals surface area contributed by atoms with Gasteiger partial charge in [0.25, 0.3) is 0 Å². The summed E-state index contributed by atoms with van der Waals surface area (Å²) in [7, 11) is 0. The molecule has 0 saturated carbocycles. The second-order valence-electron chi connectivity index (χ2n) is 2.15. The fourth-order valence-corrected chi connectivity index (χ4v) is 0.855. The smallest absolute Gasteiger partial charge is 0.115 e. The third-order valence-corrected chi connectivity index (χ3v) is 1.47. The number of benzene rings is 1. The average Bonchev–Trinajstić information content (AvgIpc) is 2.04. The van der Waals surface area contributed by atoms with Crippen LogP contribution in [0.5, 0.6) is 5.75 Å². The minimum absolute atomic E-state index is 0.285. The van der Waals surface area contributed by atoms with Crippen LogP contribution in [0, 0.1) is 0 Å². The highest BCUT2D eigenvalue weighted by atomic mass is 35.5. The number of hydrogen-bond donors (Lipinski definition) is 1. The maximum absolute atomic E-state index is 8.93. The summed E-state index contributed by atoms with van der Waals surface area (Å²) in [5.74, 6) is 0.800. The summed E-state index contributed by atoms with van der Waals surface area (Å²) in [5.41, 5.74) is 1.04. The van der Waals surface area contributed by atoms with Crippen molar-refractivity contribution in [2.24, 2.45) is 0 Å². The molecule has 0 saturated heterocycles. The van der Waals surface area contributed by atoms with E-state index in [9.17, 15) is 0 Å². The van der Waals surface area contributed by atoms with Crippen LogP contribution in [0.1, 0.15) is 5.56 Å². The van der Waals surface area contributed by atoms with Gasteiger partial charge in [0.2, 0.25) is 0 Å². The number of phenols is 1. The van der Waals surface area contributed by atoms with Crippen molar-refractivity contribution in [3.8, 4) is 5.75 Å². The first-order chi connectivity index (χ1) is 5.33. The van der Waals surface area contributed by atoms with Crippen LogP contribution in [-0.2, 0) is 0 Å². The molecular formula is C9H9ClO. The fraction of sp³-hybridized carbons (Fsp3) is 0.111. The molecule has 0 heterocycles. The molecule has 0 spiro atoms. The fourth-order valence-electron chi connectivity index (χ4n) is 0.766. The summed E-state index contributed by atoms with van der Waals surface area (Å²) < 4.78 is 0. The second kappa shape index (κ2) is 4.04. The van der Waals surface area contributed by atoms with E-state index in [1.165, 1.54) is 0 Å². The van der Waals surface area contributed by atoms with Gasteiger partial charge in [-0.3, -0.25) is 0 Å². The summed E-state index contributed by atoms with van der Waals surface area (Å²) in [6, 6.07) is 6.96. The SMILES string of the molecule is Oc1ccc(C=CCCl)cc1. The molecule has 0 aliphatic carbocycles. The highest BCUT2D eigenvalue weighted by Gasteiger charge is 1.86. The number of allylic oxidation sites excluding steroid dienone is 1. The Kier molecular flexibility index (Phi) is 2.99. The molecule has 0 aliphatic heterocycles. The van der Waals surface area contributed by atoms with Crippen molar-refractivity contribution >= 4 is 17.7 Å². The van der Waals surface area contributed by atoms with Crippen molar-refractivity contribution in [2.75, 3.05) is 5.88 Å². The van der Waals surface area contributed by atoms with E-state index in [0.717, 1.165) is 5.56 Å². The highest BCUT2D eigenvalue weighted by molar-refractivity contribution is 6.19. The first kappa shape index (κ1) is 8.15. The van der Waals surface area contributed by atoms with E-state index in [1.807, 2.05) is 24.3 Å². The number of rotatable bonds is 2. The lowest BCUT2D eigenvalue weighted by Crippen LogP contribution is -1.70. The van der Waals surface area contributed by atoms with Crippen LogP contribution in [-0.4, -0.2) is 11.0 Å². The Hall–Kier alpha value is -0.950. The van der Waals surface area contributed by atoms with Crippen LogP contribution in [0.25, 0.3) is 6.08 Å². The quantitative estimate of drug-likeness (QED) is 0.674. The third kappa shape index (κ3) is 2.64. The van der Waals surface area contributed by atoms with Crippen molar-refractivity contribution in [3.05, 3.63) is 35.9 Å². The molecule has 1 rings (SSSR count). The van der Waals surface area contributed by atoms with Gasteiger partial charge in [0.15, 0.2) is 0 Å². The predicted molar refractivity (Wildman–Crippen MR) is 47.9 cm³/mol. The molecule has 1 N–H and O–H groups in total. The summed E-state index contributed by atoms with van der Waals surface area (Å²) in [4.78, 5) is 0. The van der Waals surface area contributed by atoms with Crippen molar-refractivity contribution in [2.45, 2.75) is 0 Å². The van der Waals surface area contributed by atoms with Crippen molar-refractivity contribution in [1.29, 1.82) is 0 Å². The lowest BCUT2D eigenvalue weighted by Gasteiger charge is -1.92. The van der Waals surface area contributed by atoms with Crippen LogP contribution in [0.2, 0.25) is 0 Å². The van der Waals surface area contributed by atoms with Gasteiger partial charge in [-0.1, -0.05) is 24.3 Å². The van der Waals surface area contributed by atoms with Gasteiger partial charge in [0.05, 0.1) is 0 Å². The zero-order valence-electron chi connectivity index (χ0n) is 6.00. The number of alkyl halides is 1. The number of phenolic OH excluding ortho intramolecular Hbond substituents is 1. The summed E-state index contributed by atoms with van der Waals surface area (Å²) in [6.45, 7) is 0. The Morgan fingerprint density at radius 3 is 2.45 bits per heavy atom. The Morgan fingerprint density at radius 2 is 1.91 bits per heavy atom. The van der Waals surface area contributed by atoms with Gasteiger partial charge < -0.3 is 5.11 Å². The first-order valence-electron chi connectivity index (χ1n) is 3.34. The Labute approximate surface area is 70.9 Å². The Morgan fingerprint density at radius 1 is 1.27 bits per heavy atom. The van der Waals surface area contributed by atoms with Crippen LogP contribution in [0.3, 0.4) is 0 Å².